The van der Waals surface area contributed by atoms with Gasteiger partial charge in [-0.2, -0.15) is 0 Å². The van der Waals surface area contributed by atoms with Gasteiger partial charge >= 0.3 is 0 Å². The van der Waals surface area contributed by atoms with E-state index < -0.39 is 16.1 Å². The SMILES string of the molecule is Cc1ccc(S(=O)(=O)Nc2cccc(N[C@@H](C)C(=O)N3CCOCC3)c2)cc1C. The number of sulfonamides is 1. The summed E-state index contributed by atoms with van der Waals surface area (Å²) < 4.78 is 33.3. The molecule has 0 bridgehead atoms. The molecule has 0 aromatic heterocycles. The van der Waals surface area contributed by atoms with Gasteiger partial charge in [-0.05, 0) is 62.2 Å². The molecule has 2 N–H and O–H groups in total. The summed E-state index contributed by atoms with van der Waals surface area (Å²) in [5, 5.41) is 3.15. The van der Waals surface area contributed by atoms with E-state index in [1.54, 1.807) is 54.3 Å². The second-order valence-electron chi connectivity index (χ2n) is 7.24. The molecule has 8 heteroatoms. The zero-order valence-corrected chi connectivity index (χ0v) is 17.8. The van der Waals surface area contributed by atoms with Crippen molar-refractivity contribution in [1.82, 2.24) is 4.90 Å². The monoisotopic (exact) mass is 417 g/mol. The van der Waals surface area contributed by atoms with Crippen molar-refractivity contribution in [3.8, 4) is 0 Å². The Hall–Kier alpha value is -2.58. The van der Waals surface area contributed by atoms with E-state index in [2.05, 4.69) is 10.0 Å². The highest BCUT2D eigenvalue weighted by atomic mass is 32.2. The summed E-state index contributed by atoms with van der Waals surface area (Å²) in [5.41, 5.74) is 3.05. The van der Waals surface area contributed by atoms with Gasteiger partial charge in [0.1, 0.15) is 6.04 Å². The van der Waals surface area contributed by atoms with Crippen LogP contribution in [0.4, 0.5) is 11.4 Å². The Labute approximate surface area is 172 Å². The lowest BCUT2D eigenvalue weighted by Crippen LogP contribution is -2.46. The number of carbonyl (C=O) groups is 1. The van der Waals surface area contributed by atoms with Gasteiger partial charge in [0.15, 0.2) is 0 Å². The summed E-state index contributed by atoms with van der Waals surface area (Å²) in [4.78, 5) is 14.5. The molecule has 29 heavy (non-hydrogen) atoms. The lowest BCUT2D eigenvalue weighted by atomic mass is 10.1. The van der Waals surface area contributed by atoms with Gasteiger partial charge in [0.05, 0.1) is 23.8 Å². The maximum atomic E-state index is 12.7. The summed E-state index contributed by atoms with van der Waals surface area (Å²) in [6.07, 6.45) is 0. The summed E-state index contributed by atoms with van der Waals surface area (Å²) >= 11 is 0. The smallest absolute Gasteiger partial charge is 0.261 e. The lowest BCUT2D eigenvalue weighted by molar-refractivity contribution is -0.135. The highest BCUT2D eigenvalue weighted by Crippen LogP contribution is 2.22. The summed E-state index contributed by atoms with van der Waals surface area (Å²) in [7, 11) is -3.70. The Morgan fingerprint density at radius 1 is 1.03 bits per heavy atom. The number of aryl methyl sites for hydroxylation is 2. The van der Waals surface area contributed by atoms with E-state index in [4.69, 9.17) is 4.74 Å². The summed E-state index contributed by atoms with van der Waals surface area (Å²) in [6, 6.07) is 11.5. The van der Waals surface area contributed by atoms with E-state index in [9.17, 15) is 13.2 Å². The Morgan fingerprint density at radius 3 is 2.41 bits per heavy atom. The maximum Gasteiger partial charge on any atom is 0.261 e. The molecule has 3 rings (SSSR count). The molecule has 0 saturated carbocycles. The minimum absolute atomic E-state index is 0.00517. The second-order valence-corrected chi connectivity index (χ2v) is 8.92. The predicted octanol–water partition coefficient (Wildman–Crippen LogP) is 2.76. The van der Waals surface area contributed by atoms with Gasteiger partial charge in [-0.1, -0.05) is 12.1 Å². The molecule has 2 aromatic carbocycles. The summed E-state index contributed by atoms with van der Waals surface area (Å²) in [5.74, 6) is -0.00517. The number of nitrogens with zero attached hydrogens (tertiary/aromatic N) is 1. The van der Waals surface area contributed by atoms with Crippen LogP contribution in [0.25, 0.3) is 0 Å². The molecule has 1 fully saturated rings. The van der Waals surface area contributed by atoms with E-state index in [0.717, 1.165) is 11.1 Å². The zero-order chi connectivity index (χ0) is 21.0. The normalized spacial score (nSPS) is 15.6. The number of benzene rings is 2. The van der Waals surface area contributed by atoms with Gasteiger partial charge in [0.2, 0.25) is 5.91 Å². The molecule has 1 amide bonds. The fourth-order valence-electron chi connectivity index (χ4n) is 3.14. The molecule has 0 radical (unpaired) electrons. The average molecular weight is 418 g/mol. The maximum absolute atomic E-state index is 12.7. The first kappa shape index (κ1) is 21.1. The van der Waals surface area contributed by atoms with Crippen molar-refractivity contribution < 1.29 is 17.9 Å². The largest absolute Gasteiger partial charge is 0.378 e. The molecule has 1 heterocycles. The minimum atomic E-state index is -3.70. The van der Waals surface area contributed by atoms with E-state index in [-0.39, 0.29) is 10.8 Å². The van der Waals surface area contributed by atoms with Crippen molar-refractivity contribution in [2.24, 2.45) is 0 Å². The Morgan fingerprint density at radius 2 is 1.72 bits per heavy atom. The number of anilines is 2. The van der Waals surface area contributed by atoms with Crippen LogP contribution in [0.2, 0.25) is 0 Å². The Balaban J connectivity index is 1.70. The van der Waals surface area contributed by atoms with Crippen molar-refractivity contribution in [3.63, 3.8) is 0 Å². The molecule has 0 aliphatic carbocycles. The van der Waals surface area contributed by atoms with Crippen molar-refractivity contribution in [3.05, 3.63) is 53.6 Å². The Kier molecular flexibility index (Phi) is 6.44. The van der Waals surface area contributed by atoms with Crippen LogP contribution >= 0.6 is 0 Å². The number of hydrogen-bond acceptors (Lipinski definition) is 5. The number of nitrogens with one attached hydrogen (secondary N) is 2. The van der Waals surface area contributed by atoms with Crippen LogP contribution < -0.4 is 10.0 Å². The predicted molar refractivity (Wildman–Crippen MR) is 114 cm³/mol. The summed E-state index contributed by atoms with van der Waals surface area (Å²) in [6.45, 7) is 7.88. The molecule has 1 saturated heterocycles. The lowest BCUT2D eigenvalue weighted by Gasteiger charge is -2.29. The number of morpholine rings is 1. The molecule has 0 unspecified atom stereocenters. The number of amides is 1. The number of carbonyl (C=O) groups excluding carboxylic acids is 1. The van der Waals surface area contributed by atoms with Gasteiger partial charge in [0, 0.05) is 18.8 Å². The number of rotatable bonds is 6. The van der Waals surface area contributed by atoms with Gasteiger partial charge in [0.25, 0.3) is 10.0 Å². The molecule has 1 aliphatic rings. The molecule has 2 aromatic rings. The molecule has 0 spiro atoms. The molecule has 1 aliphatic heterocycles. The van der Waals surface area contributed by atoms with Crippen LogP contribution in [0.1, 0.15) is 18.1 Å². The second kappa shape index (κ2) is 8.84. The van der Waals surface area contributed by atoms with Crippen LogP contribution in [0.3, 0.4) is 0 Å². The van der Waals surface area contributed by atoms with Crippen LogP contribution in [-0.2, 0) is 19.6 Å². The van der Waals surface area contributed by atoms with E-state index in [0.29, 0.717) is 37.7 Å². The standard InChI is InChI=1S/C21H27N3O4S/c1-15-7-8-20(13-16(15)2)29(26,27)23-19-6-4-5-18(14-19)22-17(3)21(25)24-9-11-28-12-10-24/h4-8,13-14,17,22-23H,9-12H2,1-3H3/t17-/m0/s1. The topological polar surface area (TPSA) is 87.7 Å². The van der Waals surface area contributed by atoms with E-state index >= 15 is 0 Å². The quantitative estimate of drug-likeness (QED) is 0.755. The van der Waals surface area contributed by atoms with Crippen LogP contribution in [0, 0.1) is 13.8 Å². The van der Waals surface area contributed by atoms with Gasteiger partial charge < -0.3 is 15.0 Å². The highest BCUT2D eigenvalue weighted by Gasteiger charge is 2.22. The third-order valence-electron chi connectivity index (χ3n) is 4.98. The third kappa shape index (κ3) is 5.27. The number of hydrogen-bond donors (Lipinski definition) is 2. The fraction of sp³-hybridized carbons (Fsp3) is 0.381. The zero-order valence-electron chi connectivity index (χ0n) is 16.9. The molecular weight excluding hydrogens is 390 g/mol. The average Bonchev–Trinajstić information content (AvgIpc) is 2.70. The molecule has 1 atom stereocenters. The molecule has 156 valence electrons. The highest BCUT2D eigenvalue weighted by molar-refractivity contribution is 7.92. The van der Waals surface area contributed by atoms with E-state index in [1.807, 2.05) is 13.8 Å². The first-order valence-corrected chi connectivity index (χ1v) is 11.1. The van der Waals surface area contributed by atoms with Gasteiger partial charge in [-0.15, -0.1) is 0 Å². The fourth-order valence-corrected chi connectivity index (χ4v) is 4.27. The van der Waals surface area contributed by atoms with Crippen molar-refractivity contribution in [1.29, 1.82) is 0 Å². The molecule has 7 nitrogen and oxygen atoms in total. The van der Waals surface area contributed by atoms with E-state index in [1.165, 1.54) is 0 Å². The minimum Gasteiger partial charge on any atom is -0.378 e. The van der Waals surface area contributed by atoms with Crippen molar-refractivity contribution in [2.45, 2.75) is 31.7 Å². The van der Waals surface area contributed by atoms with Crippen LogP contribution in [0.15, 0.2) is 47.4 Å². The van der Waals surface area contributed by atoms with Crippen molar-refractivity contribution in [2.75, 3.05) is 36.3 Å². The van der Waals surface area contributed by atoms with Crippen LogP contribution in [-0.4, -0.2) is 51.6 Å². The Bertz CT molecular complexity index is 985. The third-order valence-corrected chi connectivity index (χ3v) is 6.36. The number of ether oxygens (including phenoxy) is 1. The first-order valence-electron chi connectivity index (χ1n) is 9.59. The van der Waals surface area contributed by atoms with Crippen LogP contribution in [0.5, 0.6) is 0 Å². The van der Waals surface area contributed by atoms with Gasteiger partial charge in [-0.3, -0.25) is 9.52 Å². The first-order chi connectivity index (χ1) is 13.8. The van der Waals surface area contributed by atoms with Crippen molar-refractivity contribution >= 4 is 27.3 Å². The van der Waals surface area contributed by atoms with Gasteiger partial charge in [-0.25, -0.2) is 8.42 Å². The molecular formula is C21H27N3O4S.